The highest BCUT2D eigenvalue weighted by Crippen LogP contribution is 2.29. The molecule has 0 amide bonds. The summed E-state index contributed by atoms with van der Waals surface area (Å²) in [6, 6.07) is 6.55. The van der Waals surface area contributed by atoms with E-state index in [1.165, 1.54) is 6.07 Å². The lowest BCUT2D eigenvalue weighted by Gasteiger charge is -2.26. The lowest BCUT2D eigenvalue weighted by molar-refractivity contribution is -0.0461. The van der Waals surface area contributed by atoms with Gasteiger partial charge in [-0.2, -0.15) is 0 Å². The van der Waals surface area contributed by atoms with Crippen LogP contribution in [0.25, 0.3) is 0 Å². The van der Waals surface area contributed by atoms with Gasteiger partial charge in [-0.15, -0.1) is 0 Å². The molecule has 1 aliphatic rings. The van der Waals surface area contributed by atoms with Crippen LogP contribution in [0.3, 0.4) is 0 Å². The summed E-state index contributed by atoms with van der Waals surface area (Å²) < 4.78 is 18.8. The smallest absolute Gasteiger partial charge is 0.129 e. The monoisotopic (exact) mass is 196 g/mol. The van der Waals surface area contributed by atoms with Crippen LogP contribution in [0.15, 0.2) is 24.3 Å². The molecule has 0 aromatic heterocycles. The van der Waals surface area contributed by atoms with Gasteiger partial charge in [0.25, 0.3) is 0 Å². The van der Waals surface area contributed by atoms with Gasteiger partial charge in [-0.1, -0.05) is 18.2 Å². The molecular weight excluding hydrogens is 183 g/mol. The van der Waals surface area contributed by atoms with Crippen LogP contribution in [0.5, 0.6) is 0 Å². The molecule has 2 unspecified atom stereocenters. The Morgan fingerprint density at radius 1 is 1.36 bits per heavy atom. The van der Waals surface area contributed by atoms with E-state index in [1.807, 2.05) is 0 Å². The number of rotatable bonds is 1. The molecule has 1 aromatic carbocycles. The first-order chi connectivity index (χ1) is 6.77. The Morgan fingerprint density at radius 2 is 2.14 bits per heavy atom. The summed E-state index contributed by atoms with van der Waals surface area (Å²) in [7, 11) is 0. The average Bonchev–Trinajstić information content (AvgIpc) is 2.18. The predicted octanol–water partition coefficient (Wildman–Crippen LogP) is 2.04. The fourth-order valence-electron chi connectivity index (χ4n) is 1.73. The highest BCUT2D eigenvalue weighted by molar-refractivity contribution is 5.20. The van der Waals surface area contributed by atoms with Crippen molar-refractivity contribution in [3.63, 3.8) is 0 Å². The van der Waals surface area contributed by atoms with E-state index in [2.05, 4.69) is 0 Å². The lowest BCUT2D eigenvalue weighted by atomic mass is 9.99. The van der Waals surface area contributed by atoms with E-state index >= 15 is 0 Å². The van der Waals surface area contributed by atoms with Crippen molar-refractivity contribution < 1.29 is 14.2 Å². The number of aliphatic hydroxyl groups excluding tert-OH is 1. The molecule has 3 heteroatoms. The number of hydrogen-bond acceptors (Lipinski definition) is 2. The molecule has 1 saturated heterocycles. The summed E-state index contributed by atoms with van der Waals surface area (Å²) in [5.41, 5.74) is 0.547. The topological polar surface area (TPSA) is 29.5 Å². The number of benzene rings is 1. The van der Waals surface area contributed by atoms with Crippen molar-refractivity contribution in [1.82, 2.24) is 0 Å². The molecule has 1 aromatic rings. The van der Waals surface area contributed by atoms with Gasteiger partial charge in [0, 0.05) is 18.6 Å². The first-order valence-electron chi connectivity index (χ1n) is 4.81. The van der Waals surface area contributed by atoms with Crippen LogP contribution in [0.2, 0.25) is 0 Å². The van der Waals surface area contributed by atoms with Gasteiger partial charge in [-0.25, -0.2) is 4.39 Å². The molecule has 0 radical (unpaired) electrons. The van der Waals surface area contributed by atoms with E-state index in [-0.39, 0.29) is 18.0 Å². The minimum Gasteiger partial charge on any atom is -0.393 e. The van der Waals surface area contributed by atoms with Crippen molar-refractivity contribution in [3.8, 4) is 0 Å². The highest BCUT2D eigenvalue weighted by Gasteiger charge is 2.24. The molecule has 2 atom stereocenters. The Hall–Kier alpha value is -0.930. The third-order valence-electron chi connectivity index (χ3n) is 2.51. The summed E-state index contributed by atoms with van der Waals surface area (Å²) >= 11 is 0. The van der Waals surface area contributed by atoms with Crippen LogP contribution in [-0.2, 0) is 4.74 Å². The molecular formula is C11H13FO2. The summed E-state index contributed by atoms with van der Waals surface area (Å²) in [5.74, 6) is -0.258. The molecule has 1 fully saturated rings. The Kier molecular flexibility index (Phi) is 2.79. The quantitative estimate of drug-likeness (QED) is 0.744. The maximum atomic E-state index is 13.3. The molecule has 0 spiro atoms. The summed E-state index contributed by atoms with van der Waals surface area (Å²) in [6.07, 6.45) is 0.472. The number of hydrogen-bond donors (Lipinski definition) is 1. The zero-order chi connectivity index (χ0) is 9.97. The minimum atomic E-state index is -0.367. The Balaban J connectivity index is 2.18. The third kappa shape index (κ3) is 1.94. The number of aliphatic hydroxyl groups is 1. The molecule has 2 rings (SSSR count). The fraction of sp³-hybridized carbons (Fsp3) is 0.455. The zero-order valence-electron chi connectivity index (χ0n) is 7.82. The summed E-state index contributed by atoms with van der Waals surface area (Å²) in [4.78, 5) is 0. The first-order valence-corrected chi connectivity index (χ1v) is 4.81. The normalized spacial score (nSPS) is 27.6. The molecule has 76 valence electrons. The van der Waals surface area contributed by atoms with Crippen LogP contribution < -0.4 is 0 Å². The fourth-order valence-corrected chi connectivity index (χ4v) is 1.73. The summed E-state index contributed by atoms with van der Waals surface area (Å²) in [5, 5.41) is 9.43. The van der Waals surface area contributed by atoms with Crippen molar-refractivity contribution in [1.29, 1.82) is 0 Å². The van der Waals surface area contributed by atoms with Crippen molar-refractivity contribution >= 4 is 0 Å². The van der Waals surface area contributed by atoms with Gasteiger partial charge in [0.2, 0.25) is 0 Å². The number of halogens is 1. The highest BCUT2D eigenvalue weighted by atomic mass is 19.1. The van der Waals surface area contributed by atoms with E-state index in [1.54, 1.807) is 18.2 Å². The third-order valence-corrected chi connectivity index (χ3v) is 2.51. The lowest BCUT2D eigenvalue weighted by Crippen LogP contribution is -2.23. The van der Waals surface area contributed by atoms with E-state index in [0.29, 0.717) is 25.0 Å². The predicted molar refractivity (Wildman–Crippen MR) is 50.3 cm³/mol. The van der Waals surface area contributed by atoms with Crippen molar-refractivity contribution in [2.75, 3.05) is 6.61 Å². The van der Waals surface area contributed by atoms with E-state index < -0.39 is 0 Å². The van der Waals surface area contributed by atoms with Gasteiger partial charge in [0.15, 0.2) is 0 Å². The first kappa shape index (κ1) is 9.62. The standard InChI is InChI=1S/C11H13FO2/c12-10-4-2-1-3-9(10)11-7-8(13)5-6-14-11/h1-4,8,11,13H,5-7H2. The van der Waals surface area contributed by atoms with Gasteiger partial charge < -0.3 is 9.84 Å². The molecule has 2 nitrogen and oxygen atoms in total. The largest absolute Gasteiger partial charge is 0.393 e. The maximum Gasteiger partial charge on any atom is 0.129 e. The molecule has 0 aliphatic carbocycles. The Morgan fingerprint density at radius 3 is 2.86 bits per heavy atom. The molecule has 1 aliphatic heterocycles. The molecule has 1 heterocycles. The van der Waals surface area contributed by atoms with Crippen LogP contribution in [0, 0.1) is 5.82 Å². The molecule has 0 bridgehead atoms. The van der Waals surface area contributed by atoms with Crippen LogP contribution in [0.4, 0.5) is 4.39 Å². The second-order valence-electron chi connectivity index (χ2n) is 3.56. The van der Waals surface area contributed by atoms with E-state index in [9.17, 15) is 9.50 Å². The second-order valence-corrected chi connectivity index (χ2v) is 3.56. The number of ether oxygens (including phenoxy) is 1. The van der Waals surface area contributed by atoms with Gasteiger partial charge in [-0.3, -0.25) is 0 Å². The van der Waals surface area contributed by atoms with Crippen LogP contribution in [-0.4, -0.2) is 17.8 Å². The van der Waals surface area contributed by atoms with Crippen LogP contribution in [0.1, 0.15) is 24.5 Å². The van der Waals surface area contributed by atoms with Gasteiger partial charge in [-0.05, 0) is 12.5 Å². The Bertz CT molecular complexity index is 314. The molecule has 0 saturated carbocycles. The van der Waals surface area contributed by atoms with Gasteiger partial charge in [0.1, 0.15) is 5.82 Å². The van der Waals surface area contributed by atoms with Crippen LogP contribution >= 0.6 is 0 Å². The second kappa shape index (κ2) is 4.07. The zero-order valence-corrected chi connectivity index (χ0v) is 7.82. The van der Waals surface area contributed by atoms with Crippen molar-refractivity contribution in [2.24, 2.45) is 0 Å². The van der Waals surface area contributed by atoms with Crippen molar-refractivity contribution in [2.45, 2.75) is 25.0 Å². The average molecular weight is 196 g/mol. The van der Waals surface area contributed by atoms with Gasteiger partial charge >= 0.3 is 0 Å². The minimum absolute atomic E-state index is 0.258. The molecule has 1 N–H and O–H groups in total. The summed E-state index contributed by atoms with van der Waals surface area (Å²) in [6.45, 7) is 0.500. The van der Waals surface area contributed by atoms with Crippen molar-refractivity contribution in [3.05, 3.63) is 35.6 Å². The molecule has 14 heavy (non-hydrogen) atoms. The van der Waals surface area contributed by atoms with Gasteiger partial charge in [0.05, 0.1) is 12.2 Å². The maximum absolute atomic E-state index is 13.3. The SMILES string of the molecule is OC1CCOC(c2ccccc2F)C1. The van der Waals surface area contributed by atoms with E-state index in [4.69, 9.17) is 4.74 Å². The van der Waals surface area contributed by atoms with E-state index in [0.717, 1.165) is 0 Å². The Labute approximate surface area is 82.3 Å².